The van der Waals surface area contributed by atoms with Crippen molar-refractivity contribution < 1.29 is 0 Å². The molecule has 0 N–H and O–H groups in total. The number of rotatable bonds is 3. The van der Waals surface area contributed by atoms with Crippen LogP contribution in [-0.2, 0) is 0 Å². The smallest absolute Gasteiger partial charge is 0.0785 e. The molecule has 84 valence electrons. The van der Waals surface area contributed by atoms with Crippen molar-refractivity contribution in [1.29, 1.82) is 5.26 Å². The number of nitriles is 1. The first-order valence-corrected chi connectivity index (χ1v) is 5.68. The number of hydrogen-bond acceptors (Lipinski definition) is 3. The van der Waals surface area contributed by atoms with E-state index in [0.29, 0.717) is 0 Å². The standard InChI is InChI=1S/C13H17N3/c1-16(2)12(11-6-3-4-9-15-11)13(10-14)7-5-8-13/h3-4,6,9,12H,5,7-8H2,1-2H3. The van der Waals surface area contributed by atoms with E-state index in [1.165, 1.54) is 0 Å². The lowest BCUT2D eigenvalue weighted by molar-refractivity contribution is 0.0720. The van der Waals surface area contributed by atoms with E-state index in [2.05, 4.69) is 16.0 Å². The zero-order valence-electron chi connectivity index (χ0n) is 9.85. The van der Waals surface area contributed by atoms with Crippen LogP contribution in [0.5, 0.6) is 0 Å². The lowest BCUT2D eigenvalue weighted by Gasteiger charge is -2.44. The Labute approximate surface area is 96.7 Å². The minimum Gasteiger partial charge on any atom is -0.300 e. The SMILES string of the molecule is CN(C)C(c1ccccn1)C1(C#N)CCC1. The topological polar surface area (TPSA) is 39.9 Å². The average molecular weight is 215 g/mol. The summed E-state index contributed by atoms with van der Waals surface area (Å²) in [7, 11) is 4.05. The largest absolute Gasteiger partial charge is 0.300 e. The molecule has 1 aromatic heterocycles. The second-order valence-corrected chi connectivity index (χ2v) is 4.74. The second-order valence-electron chi connectivity index (χ2n) is 4.74. The van der Waals surface area contributed by atoms with Gasteiger partial charge in [-0.3, -0.25) is 9.88 Å². The van der Waals surface area contributed by atoms with Gasteiger partial charge in [0.25, 0.3) is 0 Å². The molecule has 0 saturated heterocycles. The fraction of sp³-hybridized carbons (Fsp3) is 0.538. The molecule has 0 amide bonds. The maximum atomic E-state index is 9.41. The molecule has 1 aliphatic carbocycles. The Balaban J connectivity index is 2.36. The van der Waals surface area contributed by atoms with E-state index in [-0.39, 0.29) is 11.5 Å². The summed E-state index contributed by atoms with van der Waals surface area (Å²) in [6.07, 6.45) is 4.94. The van der Waals surface area contributed by atoms with Gasteiger partial charge in [0, 0.05) is 6.20 Å². The van der Waals surface area contributed by atoms with E-state index >= 15 is 0 Å². The summed E-state index contributed by atoms with van der Waals surface area (Å²) in [6.45, 7) is 0. The van der Waals surface area contributed by atoms with Gasteiger partial charge in [-0.05, 0) is 39.1 Å². The van der Waals surface area contributed by atoms with Gasteiger partial charge in [0.05, 0.1) is 23.2 Å². The summed E-state index contributed by atoms with van der Waals surface area (Å²) >= 11 is 0. The van der Waals surface area contributed by atoms with E-state index in [1.54, 1.807) is 6.20 Å². The molecule has 0 aliphatic heterocycles. The molecular formula is C13H17N3. The Morgan fingerprint density at radius 2 is 2.19 bits per heavy atom. The maximum absolute atomic E-state index is 9.41. The van der Waals surface area contributed by atoms with Crippen molar-refractivity contribution in [1.82, 2.24) is 9.88 Å². The van der Waals surface area contributed by atoms with Gasteiger partial charge >= 0.3 is 0 Å². The minimum absolute atomic E-state index is 0.118. The number of nitrogens with zero attached hydrogens (tertiary/aromatic N) is 3. The highest BCUT2D eigenvalue weighted by Crippen LogP contribution is 2.51. The van der Waals surface area contributed by atoms with Crippen LogP contribution in [0.2, 0.25) is 0 Å². The van der Waals surface area contributed by atoms with Crippen LogP contribution in [0.4, 0.5) is 0 Å². The molecule has 1 aromatic rings. The second kappa shape index (κ2) is 4.23. The molecule has 1 atom stereocenters. The van der Waals surface area contributed by atoms with Crippen molar-refractivity contribution in [3.63, 3.8) is 0 Å². The van der Waals surface area contributed by atoms with Gasteiger partial charge in [0.1, 0.15) is 0 Å². The van der Waals surface area contributed by atoms with Gasteiger partial charge < -0.3 is 0 Å². The zero-order valence-corrected chi connectivity index (χ0v) is 9.85. The van der Waals surface area contributed by atoms with Gasteiger partial charge in [-0.1, -0.05) is 12.5 Å². The van der Waals surface area contributed by atoms with E-state index in [0.717, 1.165) is 25.0 Å². The average Bonchev–Trinajstić information content (AvgIpc) is 2.24. The molecule has 0 radical (unpaired) electrons. The van der Waals surface area contributed by atoms with Crippen molar-refractivity contribution in [3.05, 3.63) is 30.1 Å². The predicted molar refractivity (Wildman–Crippen MR) is 62.6 cm³/mol. The zero-order chi connectivity index (χ0) is 11.6. The molecule has 1 unspecified atom stereocenters. The van der Waals surface area contributed by atoms with Crippen LogP contribution >= 0.6 is 0 Å². The fourth-order valence-corrected chi connectivity index (χ4v) is 2.58. The highest BCUT2D eigenvalue weighted by atomic mass is 15.1. The predicted octanol–water partition coefficient (Wildman–Crippen LogP) is 2.38. The van der Waals surface area contributed by atoms with E-state index in [1.807, 2.05) is 32.3 Å². The van der Waals surface area contributed by atoms with Crippen LogP contribution in [0.25, 0.3) is 0 Å². The Hall–Kier alpha value is -1.40. The van der Waals surface area contributed by atoms with Crippen molar-refractivity contribution in [2.24, 2.45) is 5.41 Å². The van der Waals surface area contributed by atoms with E-state index in [9.17, 15) is 5.26 Å². The van der Waals surface area contributed by atoms with Crippen molar-refractivity contribution in [3.8, 4) is 6.07 Å². The molecule has 1 aliphatic rings. The van der Waals surface area contributed by atoms with Crippen LogP contribution in [-0.4, -0.2) is 24.0 Å². The van der Waals surface area contributed by atoms with Crippen LogP contribution in [0.3, 0.4) is 0 Å². The fourth-order valence-electron chi connectivity index (χ4n) is 2.58. The van der Waals surface area contributed by atoms with Gasteiger partial charge in [-0.25, -0.2) is 0 Å². The van der Waals surface area contributed by atoms with Gasteiger partial charge in [0.15, 0.2) is 0 Å². The quantitative estimate of drug-likeness (QED) is 0.777. The maximum Gasteiger partial charge on any atom is 0.0785 e. The Bertz CT molecular complexity index is 387. The summed E-state index contributed by atoms with van der Waals surface area (Å²) in [4.78, 5) is 6.52. The third-order valence-electron chi connectivity index (χ3n) is 3.48. The number of pyridine rings is 1. The van der Waals surface area contributed by atoms with Crippen LogP contribution in [0.1, 0.15) is 31.0 Å². The molecule has 0 spiro atoms. The van der Waals surface area contributed by atoms with Crippen molar-refractivity contribution in [2.45, 2.75) is 25.3 Å². The monoisotopic (exact) mass is 215 g/mol. The first-order chi connectivity index (χ1) is 7.69. The minimum atomic E-state index is -0.224. The molecule has 1 heterocycles. The summed E-state index contributed by atoms with van der Waals surface area (Å²) in [5, 5.41) is 9.41. The normalized spacial score (nSPS) is 19.9. The summed E-state index contributed by atoms with van der Waals surface area (Å²) in [5.74, 6) is 0. The van der Waals surface area contributed by atoms with Gasteiger partial charge in [0.2, 0.25) is 0 Å². The van der Waals surface area contributed by atoms with Crippen LogP contribution in [0, 0.1) is 16.7 Å². The van der Waals surface area contributed by atoms with Gasteiger partial charge in [-0.15, -0.1) is 0 Å². The number of hydrogen-bond donors (Lipinski definition) is 0. The first-order valence-electron chi connectivity index (χ1n) is 5.68. The Morgan fingerprint density at radius 3 is 2.56 bits per heavy atom. The molecule has 2 rings (SSSR count). The van der Waals surface area contributed by atoms with Crippen molar-refractivity contribution >= 4 is 0 Å². The molecule has 16 heavy (non-hydrogen) atoms. The lowest BCUT2D eigenvalue weighted by Crippen LogP contribution is -2.42. The Morgan fingerprint density at radius 1 is 1.44 bits per heavy atom. The lowest BCUT2D eigenvalue weighted by atomic mass is 9.64. The molecule has 0 bridgehead atoms. The van der Waals surface area contributed by atoms with Crippen LogP contribution in [0.15, 0.2) is 24.4 Å². The highest BCUT2D eigenvalue weighted by Gasteiger charge is 2.46. The Kier molecular flexibility index (Phi) is 2.93. The summed E-state index contributed by atoms with van der Waals surface area (Å²) < 4.78 is 0. The third kappa shape index (κ3) is 1.70. The molecule has 3 nitrogen and oxygen atoms in total. The molecule has 3 heteroatoms. The molecular weight excluding hydrogens is 198 g/mol. The van der Waals surface area contributed by atoms with Gasteiger partial charge in [-0.2, -0.15) is 5.26 Å². The van der Waals surface area contributed by atoms with E-state index in [4.69, 9.17) is 0 Å². The molecule has 1 saturated carbocycles. The summed E-state index contributed by atoms with van der Waals surface area (Å²) in [5.41, 5.74) is 0.784. The molecule has 1 fully saturated rings. The van der Waals surface area contributed by atoms with Crippen molar-refractivity contribution in [2.75, 3.05) is 14.1 Å². The summed E-state index contributed by atoms with van der Waals surface area (Å²) in [6, 6.07) is 8.55. The highest BCUT2D eigenvalue weighted by molar-refractivity contribution is 5.21. The van der Waals surface area contributed by atoms with E-state index < -0.39 is 0 Å². The first kappa shape index (κ1) is 11.1. The van der Waals surface area contributed by atoms with Crippen LogP contribution < -0.4 is 0 Å². The molecule has 0 aromatic carbocycles. The third-order valence-corrected chi connectivity index (χ3v) is 3.48. The number of aromatic nitrogens is 1.